The SMILES string of the molecule is CCOC(=O)/C=C/C(=O)NC(=S)Nc1ccc(S(=O)(=O)Nc2cc(C)cc(C)c2)cc1. The number of aryl methyl sites for hydroxylation is 2. The third kappa shape index (κ3) is 7.83. The molecule has 0 fully saturated rings. The van der Waals surface area contributed by atoms with Gasteiger partial charge >= 0.3 is 5.97 Å². The summed E-state index contributed by atoms with van der Waals surface area (Å²) in [4.78, 5) is 23.0. The highest BCUT2D eigenvalue weighted by atomic mass is 32.2. The fourth-order valence-electron chi connectivity index (χ4n) is 2.62. The predicted octanol–water partition coefficient (Wildman–Crippen LogP) is 3.04. The third-order valence-corrected chi connectivity index (χ3v) is 5.39. The van der Waals surface area contributed by atoms with Crippen molar-refractivity contribution in [1.29, 1.82) is 0 Å². The number of sulfonamides is 1. The van der Waals surface area contributed by atoms with Crippen LogP contribution in [0.1, 0.15) is 18.1 Å². The minimum atomic E-state index is -3.76. The van der Waals surface area contributed by atoms with Crippen LogP contribution in [0.2, 0.25) is 0 Å². The zero-order valence-corrected chi connectivity index (χ0v) is 18.9. The van der Waals surface area contributed by atoms with E-state index in [1.807, 2.05) is 19.9 Å². The molecule has 3 N–H and O–H groups in total. The van der Waals surface area contributed by atoms with E-state index in [0.29, 0.717) is 11.4 Å². The zero-order valence-electron chi connectivity index (χ0n) is 17.3. The Bertz CT molecular complexity index is 1090. The minimum absolute atomic E-state index is 0.0116. The van der Waals surface area contributed by atoms with Gasteiger partial charge in [0.25, 0.3) is 10.0 Å². The van der Waals surface area contributed by atoms with Gasteiger partial charge in [0.05, 0.1) is 11.5 Å². The summed E-state index contributed by atoms with van der Waals surface area (Å²) in [5, 5.41) is 5.12. The molecule has 164 valence electrons. The van der Waals surface area contributed by atoms with Gasteiger partial charge in [-0.05, 0) is 80.5 Å². The summed E-state index contributed by atoms with van der Waals surface area (Å²) in [6.07, 6.45) is 1.99. The number of anilines is 2. The minimum Gasteiger partial charge on any atom is -0.463 e. The highest BCUT2D eigenvalue weighted by Crippen LogP contribution is 2.20. The summed E-state index contributed by atoms with van der Waals surface area (Å²) in [6.45, 7) is 5.64. The molecule has 31 heavy (non-hydrogen) atoms. The Hall–Kier alpha value is -3.24. The van der Waals surface area contributed by atoms with Crippen molar-refractivity contribution in [3.05, 3.63) is 65.7 Å². The van der Waals surface area contributed by atoms with Gasteiger partial charge in [0.2, 0.25) is 5.91 Å². The lowest BCUT2D eigenvalue weighted by atomic mass is 10.1. The number of carbonyl (C=O) groups is 2. The molecule has 2 aromatic rings. The van der Waals surface area contributed by atoms with Crippen LogP contribution in [-0.4, -0.2) is 32.0 Å². The molecular weight excluding hydrogens is 438 g/mol. The summed E-state index contributed by atoms with van der Waals surface area (Å²) in [5.41, 5.74) is 2.86. The molecule has 0 aliphatic rings. The first-order valence-corrected chi connectivity index (χ1v) is 11.2. The molecule has 2 rings (SSSR count). The van der Waals surface area contributed by atoms with E-state index in [4.69, 9.17) is 12.2 Å². The maximum Gasteiger partial charge on any atom is 0.330 e. The van der Waals surface area contributed by atoms with E-state index in [2.05, 4.69) is 20.1 Å². The molecule has 8 nitrogen and oxygen atoms in total. The summed E-state index contributed by atoms with van der Waals surface area (Å²) in [5.74, 6) is -1.25. The monoisotopic (exact) mass is 461 g/mol. The molecule has 0 radical (unpaired) electrons. The fraction of sp³-hybridized carbons (Fsp3) is 0.190. The van der Waals surface area contributed by atoms with Crippen LogP contribution in [0.25, 0.3) is 0 Å². The van der Waals surface area contributed by atoms with Crippen molar-refractivity contribution < 1.29 is 22.7 Å². The molecule has 0 unspecified atom stereocenters. The van der Waals surface area contributed by atoms with Gasteiger partial charge in [-0.3, -0.25) is 14.8 Å². The first-order valence-electron chi connectivity index (χ1n) is 9.27. The number of benzene rings is 2. The zero-order chi connectivity index (χ0) is 23.0. The molecule has 0 aromatic heterocycles. The maximum absolute atomic E-state index is 12.6. The highest BCUT2D eigenvalue weighted by Gasteiger charge is 2.14. The number of carbonyl (C=O) groups excluding carboxylic acids is 2. The molecule has 0 aliphatic heterocycles. The lowest BCUT2D eigenvalue weighted by Crippen LogP contribution is -2.33. The lowest BCUT2D eigenvalue weighted by molar-refractivity contribution is -0.137. The predicted molar refractivity (Wildman–Crippen MR) is 123 cm³/mol. The summed E-state index contributed by atoms with van der Waals surface area (Å²) >= 11 is 5.04. The van der Waals surface area contributed by atoms with E-state index in [1.54, 1.807) is 19.1 Å². The average Bonchev–Trinajstić information content (AvgIpc) is 2.65. The largest absolute Gasteiger partial charge is 0.463 e. The fourth-order valence-corrected chi connectivity index (χ4v) is 3.87. The number of ether oxygens (including phenoxy) is 1. The number of hydrogen-bond donors (Lipinski definition) is 3. The van der Waals surface area contributed by atoms with Crippen LogP contribution < -0.4 is 15.4 Å². The third-order valence-electron chi connectivity index (χ3n) is 3.79. The molecule has 0 aliphatic carbocycles. The number of amides is 1. The van der Waals surface area contributed by atoms with Gasteiger partial charge in [-0.1, -0.05) is 6.07 Å². The number of rotatable bonds is 7. The summed E-state index contributed by atoms with van der Waals surface area (Å²) < 4.78 is 32.5. The highest BCUT2D eigenvalue weighted by molar-refractivity contribution is 7.92. The van der Waals surface area contributed by atoms with Gasteiger partial charge in [0, 0.05) is 23.5 Å². The quantitative estimate of drug-likeness (QED) is 0.330. The second kappa shape index (κ2) is 10.7. The van der Waals surface area contributed by atoms with E-state index in [0.717, 1.165) is 23.3 Å². The Morgan fingerprint density at radius 1 is 1.00 bits per heavy atom. The summed E-state index contributed by atoms with van der Waals surface area (Å²) in [6, 6.07) is 11.3. The number of esters is 1. The first kappa shape index (κ1) is 24.0. The average molecular weight is 462 g/mol. The Kier molecular flexibility index (Phi) is 8.29. The van der Waals surface area contributed by atoms with Crippen LogP contribution in [0, 0.1) is 13.8 Å². The van der Waals surface area contributed by atoms with Gasteiger partial charge in [-0.15, -0.1) is 0 Å². The standard InChI is InChI=1S/C21H23N3O5S2/c1-4-29-20(26)10-9-19(25)23-21(30)22-16-5-7-18(8-6-16)31(27,28)24-17-12-14(2)11-15(3)13-17/h5-13,24H,4H2,1-3H3,(H2,22,23,25,30)/b10-9+. The number of hydrogen-bond acceptors (Lipinski definition) is 6. The van der Waals surface area contributed by atoms with Crippen LogP contribution >= 0.6 is 12.2 Å². The van der Waals surface area contributed by atoms with Crippen molar-refractivity contribution >= 4 is 50.6 Å². The molecule has 0 saturated heterocycles. The molecule has 0 saturated carbocycles. The number of thiocarbonyl (C=S) groups is 1. The molecule has 0 heterocycles. The topological polar surface area (TPSA) is 114 Å². The molecule has 10 heteroatoms. The Labute approximate surface area is 186 Å². The smallest absolute Gasteiger partial charge is 0.330 e. The lowest BCUT2D eigenvalue weighted by Gasteiger charge is -2.11. The number of nitrogens with one attached hydrogen (secondary N) is 3. The maximum atomic E-state index is 12.6. The Morgan fingerprint density at radius 3 is 2.19 bits per heavy atom. The van der Waals surface area contributed by atoms with E-state index in [1.165, 1.54) is 24.3 Å². The van der Waals surface area contributed by atoms with Crippen LogP contribution in [0.4, 0.5) is 11.4 Å². The normalized spacial score (nSPS) is 11.1. The van der Waals surface area contributed by atoms with Crippen molar-refractivity contribution in [1.82, 2.24) is 5.32 Å². The Balaban J connectivity index is 1.98. The van der Waals surface area contributed by atoms with Gasteiger partial charge in [-0.2, -0.15) is 0 Å². The van der Waals surface area contributed by atoms with E-state index < -0.39 is 21.9 Å². The summed E-state index contributed by atoms with van der Waals surface area (Å²) in [7, 11) is -3.76. The van der Waals surface area contributed by atoms with Gasteiger partial charge in [-0.25, -0.2) is 13.2 Å². The van der Waals surface area contributed by atoms with Crippen molar-refractivity contribution in [3.8, 4) is 0 Å². The van der Waals surface area contributed by atoms with Gasteiger partial charge in [0.1, 0.15) is 0 Å². The molecule has 2 aromatic carbocycles. The molecule has 0 spiro atoms. The van der Waals surface area contributed by atoms with Gasteiger partial charge in [0.15, 0.2) is 5.11 Å². The van der Waals surface area contributed by atoms with E-state index >= 15 is 0 Å². The molecular formula is C21H23N3O5S2. The second-order valence-electron chi connectivity index (χ2n) is 6.54. The van der Waals surface area contributed by atoms with Gasteiger partial charge < -0.3 is 10.1 Å². The Morgan fingerprint density at radius 2 is 1.61 bits per heavy atom. The first-order chi connectivity index (χ1) is 14.6. The van der Waals surface area contributed by atoms with E-state index in [-0.39, 0.29) is 16.6 Å². The second-order valence-corrected chi connectivity index (χ2v) is 8.63. The van der Waals surface area contributed by atoms with E-state index in [9.17, 15) is 18.0 Å². The van der Waals surface area contributed by atoms with Crippen LogP contribution in [0.15, 0.2) is 59.5 Å². The van der Waals surface area contributed by atoms with Crippen molar-refractivity contribution in [2.75, 3.05) is 16.6 Å². The van der Waals surface area contributed by atoms with Crippen LogP contribution in [-0.2, 0) is 24.3 Å². The van der Waals surface area contributed by atoms with Crippen LogP contribution in [0.5, 0.6) is 0 Å². The van der Waals surface area contributed by atoms with Crippen LogP contribution in [0.3, 0.4) is 0 Å². The molecule has 1 amide bonds. The van der Waals surface area contributed by atoms with Crippen molar-refractivity contribution in [2.45, 2.75) is 25.7 Å². The molecule has 0 atom stereocenters. The molecule has 0 bridgehead atoms. The van der Waals surface area contributed by atoms with Crippen molar-refractivity contribution in [3.63, 3.8) is 0 Å². The van der Waals surface area contributed by atoms with Crippen molar-refractivity contribution in [2.24, 2.45) is 0 Å².